The zero-order chi connectivity index (χ0) is 22.5. The predicted octanol–water partition coefficient (Wildman–Crippen LogP) is 4.81. The van der Waals surface area contributed by atoms with E-state index in [0.717, 1.165) is 35.5 Å². The highest BCUT2D eigenvalue weighted by atomic mass is 32.2. The molecule has 5 nitrogen and oxygen atoms in total. The van der Waals surface area contributed by atoms with Gasteiger partial charge in [-0.15, -0.1) is 11.8 Å². The van der Waals surface area contributed by atoms with E-state index in [1.54, 1.807) is 29.2 Å². The van der Waals surface area contributed by atoms with Gasteiger partial charge in [-0.05, 0) is 68.7 Å². The molecule has 31 heavy (non-hydrogen) atoms. The van der Waals surface area contributed by atoms with Crippen LogP contribution in [0.2, 0.25) is 0 Å². The van der Waals surface area contributed by atoms with Gasteiger partial charge in [0.15, 0.2) is 0 Å². The third kappa shape index (κ3) is 3.96. The van der Waals surface area contributed by atoms with E-state index in [-0.39, 0.29) is 28.6 Å². The Balaban J connectivity index is 1.74. The molecule has 2 fully saturated rings. The van der Waals surface area contributed by atoms with Crippen LogP contribution in [-0.4, -0.2) is 46.3 Å². The van der Waals surface area contributed by atoms with Crippen molar-refractivity contribution in [3.63, 3.8) is 0 Å². The largest absolute Gasteiger partial charge is 0.478 e. The lowest BCUT2D eigenvalue weighted by molar-refractivity contribution is -0.115. The van der Waals surface area contributed by atoms with Gasteiger partial charge in [-0.3, -0.25) is 14.6 Å². The van der Waals surface area contributed by atoms with Gasteiger partial charge in [0.1, 0.15) is 11.2 Å². The van der Waals surface area contributed by atoms with Crippen LogP contribution in [0.15, 0.2) is 36.4 Å². The molecule has 1 unspecified atom stereocenters. The molecule has 0 spiro atoms. The molecule has 2 saturated heterocycles. The van der Waals surface area contributed by atoms with Crippen molar-refractivity contribution in [3.8, 4) is 0 Å². The number of halogens is 1. The van der Waals surface area contributed by atoms with Crippen LogP contribution in [0, 0.1) is 12.7 Å². The minimum atomic E-state index is -0.948. The standard InChI is InChI=1S/C24H27FN2O3S/c1-14-19(27-20(28)13-31-22(27)15-5-7-17(25)8-6-15)10-9-18(23(29)30)21(14)16-11-26(12-16)24(2,3)4/h5-10,16,22H,11-13H2,1-4H3,(H,29,30). The number of benzene rings is 2. The zero-order valence-corrected chi connectivity index (χ0v) is 19.0. The highest BCUT2D eigenvalue weighted by molar-refractivity contribution is 8.00. The van der Waals surface area contributed by atoms with Crippen molar-refractivity contribution in [1.82, 2.24) is 4.90 Å². The number of hydrogen-bond donors (Lipinski definition) is 1. The van der Waals surface area contributed by atoms with E-state index in [1.807, 2.05) is 6.92 Å². The Morgan fingerprint density at radius 2 is 1.77 bits per heavy atom. The summed E-state index contributed by atoms with van der Waals surface area (Å²) in [5.41, 5.74) is 3.56. The maximum absolute atomic E-state index is 13.4. The van der Waals surface area contributed by atoms with Crippen molar-refractivity contribution in [2.24, 2.45) is 0 Å². The Kier molecular flexibility index (Phi) is 5.60. The summed E-state index contributed by atoms with van der Waals surface area (Å²) in [6.07, 6.45) is 0. The number of amides is 1. The molecule has 1 amide bonds. The van der Waals surface area contributed by atoms with Crippen LogP contribution >= 0.6 is 11.8 Å². The van der Waals surface area contributed by atoms with Crippen molar-refractivity contribution in [2.75, 3.05) is 23.7 Å². The van der Waals surface area contributed by atoms with Gasteiger partial charge in [0.25, 0.3) is 0 Å². The molecule has 0 saturated carbocycles. The predicted molar refractivity (Wildman–Crippen MR) is 121 cm³/mol. The fourth-order valence-electron chi connectivity index (χ4n) is 4.46. The fraction of sp³-hybridized carbons (Fsp3) is 0.417. The number of carboxylic acid groups (broad SMARTS) is 1. The molecule has 4 rings (SSSR count). The molecule has 7 heteroatoms. The first-order chi connectivity index (χ1) is 14.6. The quantitative estimate of drug-likeness (QED) is 0.736. The minimum Gasteiger partial charge on any atom is -0.478 e. The second kappa shape index (κ2) is 7.95. The van der Waals surface area contributed by atoms with Crippen molar-refractivity contribution < 1.29 is 19.1 Å². The van der Waals surface area contributed by atoms with E-state index in [0.29, 0.717) is 11.3 Å². The molecule has 2 heterocycles. The van der Waals surface area contributed by atoms with Crippen LogP contribution in [0.1, 0.15) is 59.1 Å². The number of thioether (sulfide) groups is 1. The highest BCUT2D eigenvalue weighted by Crippen LogP contribution is 2.45. The first-order valence-electron chi connectivity index (χ1n) is 10.4. The Morgan fingerprint density at radius 3 is 2.35 bits per heavy atom. The van der Waals surface area contributed by atoms with Crippen molar-refractivity contribution in [1.29, 1.82) is 0 Å². The summed E-state index contributed by atoms with van der Waals surface area (Å²) in [5.74, 6) is -0.849. The summed E-state index contributed by atoms with van der Waals surface area (Å²) in [5, 5.41) is 9.55. The Labute approximate surface area is 186 Å². The molecule has 2 aliphatic heterocycles. The van der Waals surface area contributed by atoms with E-state index in [9.17, 15) is 19.1 Å². The third-order valence-electron chi connectivity index (χ3n) is 6.24. The van der Waals surface area contributed by atoms with Gasteiger partial charge in [-0.1, -0.05) is 12.1 Å². The molecular formula is C24H27FN2O3S. The molecule has 0 aromatic heterocycles. The van der Waals surface area contributed by atoms with Gasteiger partial charge in [0, 0.05) is 30.2 Å². The number of carbonyl (C=O) groups is 2. The fourth-order valence-corrected chi connectivity index (χ4v) is 5.63. The number of anilines is 1. The van der Waals surface area contributed by atoms with Crippen LogP contribution in [0.25, 0.3) is 0 Å². The smallest absolute Gasteiger partial charge is 0.335 e. The number of carboxylic acids is 1. The summed E-state index contributed by atoms with van der Waals surface area (Å²) < 4.78 is 13.4. The Morgan fingerprint density at radius 1 is 1.13 bits per heavy atom. The lowest BCUT2D eigenvalue weighted by Crippen LogP contribution is -2.55. The van der Waals surface area contributed by atoms with Gasteiger partial charge < -0.3 is 5.11 Å². The Hall–Kier alpha value is -2.38. The molecule has 0 radical (unpaired) electrons. The normalized spacial score (nSPS) is 20.2. The van der Waals surface area contributed by atoms with Gasteiger partial charge in [0.05, 0.1) is 11.3 Å². The maximum Gasteiger partial charge on any atom is 0.335 e. The number of carbonyl (C=O) groups excluding carboxylic acids is 1. The number of likely N-dealkylation sites (tertiary alicyclic amines) is 1. The van der Waals surface area contributed by atoms with Crippen LogP contribution in [0.3, 0.4) is 0 Å². The van der Waals surface area contributed by atoms with Crippen molar-refractivity contribution >= 4 is 29.3 Å². The Bertz CT molecular complexity index is 1030. The first kappa shape index (κ1) is 21.8. The average molecular weight is 443 g/mol. The average Bonchev–Trinajstić information content (AvgIpc) is 3.02. The van der Waals surface area contributed by atoms with E-state index in [4.69, 9.17) is 0 Å². The van der Waals surface area contributed by atoms with Crippen LogP contribution in [0.5, 0.6) is 0 Å². The summed E-state index contributed by atoms with van der Waals surface area (Å²) in [4.78, 5) is 28.9. The molecule has 0 bridgehead atoms. The zero-order valence-electron chi connectivity index (χ0n) is 18.2. The van der Waals surface area contributed by atoms with E-state index in [2.05, 4.69) is 25.7 Å². The summed E-state index contributed by atoms with van der Waals surface area (Å²) in [7, 11) is 0. The second-order valence-electron chi connectivity index (χ2n) is 9.23. The van der Waals surface area contributed by atoms with Crippen LogP contribution in [-0.2, 0) is 4.79 Å². The van der Waals surface area contributed by atoms with E-state index < -0.39 is 5.97 Å². The third-order valence-corrected chi connectivity index (χ3v) is 7.45. The monoisotopic (exact) mass is 442 g/mol. The highest BCUT2D eigenvalue weighted by Gasteiger charge is 2.40. The van der Waals surface area contributed by atoms with E-state index in [1.165, 1.54) is 23.9 Å². The van der Waals surface area contributed by atoms with Crippen LogP contribution in [0.4, 0.5) is 10.1 Å². The number of hydrogen-bond acceptors (Lipinski definition) is 4. The van der Waals surface area contributed by atoms with Gasteiger partial charge in [-0.2, -0.15) is 0 Å². The van der Waals surface area contributed by atoms with Gasteiger partial charge in [0.2, 0.25) is 5.91 Å². The number of nitrogens with zero attached hydrogens (tertiary/aromatic N) is 2. The molecule has 164 valence electrons. The lowest BCUT2D eigenvalue weighted by Gasteiger charge is -2.48. The van der Waals surface area contributed by atoms with Gasteiger partial charge in [-0.25, -0.2) is 9.18 Å². The second-order valence-corrected chi connectivity index (χ2v) is 10.3. The van der Waals surface area contributed by atoms with Crippen LogP contribution < -0.4 is 4.90 Å². The summed E-state index contributed by atoms with van der Waals surface area (Å²) in [6.45, 7) is 9.94. The van der Waals surface area contributed by atoms with Gasteiger partial charge >= 0.3 is 5.97 Å². The molecular weight excluding hydrogens is 415 g/mol. The summed E-state index contributed by atoms with van der Waals surface area (Å²) >= 11 is 1.50. The molecule has 2 aromatic carbocycles. The maximum atomic E-state index is 13.4. The molecule has 1 atom stereocenters. The molecule has 1 N–H and O–H groups in total. The lowest BCUT2D eigenvalue weighted by atomic mass is 9.81. The van der Waals surface area contributed by atoms with Crippen molar-refractivity contribution in [3.05, 3.63) is 64.5 Å². The minimum absolute atomic E-state index is 0.0265. The molecule has 0 aliphatic carbocycles. The summed E-state index contributed by atoms with van der Waals surface area (Å²) in [6, 6.07) is 9.57. The van der Waals surface area contributed by atoms with E-state index >= 15 is 0 Å². The number of aromatic carboxylic acids is 1. The first-order valence-corrected chi connectivity index (χ1v) is 11.4. The molecule has 2 aromatic rings. The SMILES string of the molecule is Cc1c(N2C(=O)CSC2c2ccc(F)cc2)ccc(C(=O)O)c1C1CN(C(C)(C)C)C1. The molecule has 2 aliphatic rings. The number of rotatable bonds is 4. The van der Waals surface area contributed by atoms with Crippen molar-refractivity contribution in [2.45, 2.75) is 44.5 Å². The topological polar surface area (TPSA) is 60.9 Å².